The molecule has 0 bridgehead atoms. The van der Waals surface area contributed by atoms with Crippen molar-refractivity contribution in [3.05, 3.63) is 60.4 Å². The molecule has 90 valence electrons. The van der Waals surface area contributed by atoms with Gasteiger partial charge >= 0.3 is 0 Å². The first-order chi connectivity index (χ1) is 8.77. The van der Waals surface area contributed by atoms with Gasteiger partial charge in [-0.25, -0.2) is 4.98 Å². The number of rotatable bonds is 2. The molecule has 3 aromatic rings. The van der Waals surface area contributed by atoms with Crippen LogP contribution in [0.3, 0.4) is 0 Å². The lowest BCUT2D eigenvalue weighted by atomic mass is 10.0. The van der Waals surface area contributed by atoms with E-state index < -0.39 is 6.10 Å². The summed E-state index contributed by atoms with van der Waals surface area (Å²) in [6.45, 7) is 0. The maximum atomic E-state index is 10.4. The summed E-state index contributed by atoms with van der Waals surface area (Å²) in [6, 6.07) is 7.88. The molecule has 2 aromatic heterocycles. The third kappa shape index (κ3) is 1.67. The number of imidazole rings is 1. The fourth-order valence-corrected chi connectivity index (χ4v) is 2.14. The van der Waals surface area contributed by atoms with Crippen LogP contribution in [0.4, 0.5) is 0 Å². The summed E-state index contributed by atoms with van der Waals surface area (Å²) in [4.78, 5) is 8.36. The summed E-state index contributed by atoms with van der Waals surface area (Å²) < 4.78 is 1.81. The van der Waals surface area contributed by atoms with Crippen molar-refractivity contribution >= 4 is 10.8 Å². The minimum atomic E-state index is -0.761. The first-order valence-electron chi connectivity index (χ1n) is 5.75. The summed E-state index contributed by atoms with van der Waals surface area (Å²) in [5.41, 5.74) is 0.780. The molecule has 2 heterocycles. The average molecular weight is 239 g/mol. The van der Waals surface area contributed by atoms with Crippen molar-refractivity contribution in [3.63, 3.8) is 0 Å². The average Bonchev–Trinajstić information content (AvgIpc) is 2.83. The van der Waals surface area contributed by atoms with Crippen LogP contribution in [-0.2, 0) is 7.05 Å². The molecule has 1 unspecified atom stereocenters. The Hall–Kier alpha value is -2.20. The normalized spacial score (nSPS) is 12.8. The van der Waals surface area contributed by atoms with Gasteiger partial charge in [0.25, 0.3) is 0 Å². The Morgan fingerprint density at radius 3 is 2.83 bits per heavy atom. The van der Waals surface area contributed by atoms with Crippen molar-refractivity contribution < 1.29 is 5.11 Å². The first kappa shape index (κ1) is 10.9. The van der Waals surface area contributed by atoms with E-state index in [0.29, 0.717) is 5.82 Å². The predicted octanol–water partition coefficient (Wildman–Crippen LogP) is 2.05. The molecular weight excluding hydrogens is 226 g/mol. The van der Waals surface area contributed by atoms with Gasteiger partial charge in [-0.2, -0.15) is 0 Å². The van der Waals surface area contributed by atoms with Crippen LogP contribution in [0.15, 0.2) is 49.1 Å². The van der Waals surface area contributed by atoms with E-state index in [1.54, 1.807) is 18.6 Å². The van der Waals surface area contributed by atoms with Crippen molar-refractivity contribution in [2.45, 2.75) is 6.10 Å². The van der Waals surface area contributed by atoms with Crippen LogP contribution in [0.5, 0.6) is 0 Å². The number of hydrogen-bond acceptors (Lipinski definition) is 3. The van der Waals surface area contributed by atoms with E-state index in [1.165, 1.54) is 0 Å². The number of hydrogen-bond donors (Lipinski definition) is 1. The van der Waals surface area contributed by atoms with Crippen LogP contribution in [0.1, 0.15) is 17.5 Å². The van der Waals surface area contributed by atoms with E-state index in [4.69, 9.17) is 0 Å². The predicted molar refractivity (Wildman–Crippen MR) is 69.0 cm³/mol. The number of pyridine rings is 1. The number of nitrogens with zero attached hydrogens (tertiary/aromatic N) is 3. The number of benzene rings is 1. The minimum Gasteiger partial charge on any atom is -0.380 e. The number of aliphatic hydroxyl groups excluding tert-OH is 1. The van der Waals surface area contributed by atoms with Gasteiger partial charge in [-0.1, -0.05) is 24.3 Å². The van der Waals surface area contributed by atoms with Gasteiger partial charge in [0.05, 0.1) is 0 Å². The van der Waals surface area contributed by atoms with Gasteiger partial charge < -0.3 is 9.67 Å². The van der Waals surface area contributed by atoms with Crippen molar-refractivity contribution in [1.29, 1.82) is 0 Å². The molecule has 1 aromatic carbocycles. The van der Waals surface area contributed by atoms with Gasteiger partial charge in [0.2, 0.25) is 0 Å². The van der Waals surface area contributed by atoms with E-state index in [0.717, 1.165) is 16.3 Å². The van der Waals surface area contributed by atoms with E-state index in [2.05, 4.69) is 9.97 Å². The molecule has 4 nitrogen and oxygen atoms in total. The Bertz CT molecular complexity index is 685. The third-order valence-corrected chi connectivity index (χ3v) is 3.10. The van der Waals surface area contributed by atoms with E-state index in [1.807, 2.05) is 42.1 Å². The molecule has 0 aliphatic heterocycles. The van der Waals surface area contributed by atoms with Crippen LogP contribution in [0, 0.1) is 0 Å². The Balaban J connectivity index is 2.18. The molecule has 0 aliphatic rings. The molecule has 0 spiro atoms. The molecule has 3 rings (SSSR count). The van der Waals surface area contributed by atoms with Crippen LogP contribution in [-0.4, -0.2) is 19.6 Å². The van der Waals surface area contributed by atoms with E-state index in [9.17, 15) is 5.11 Å². The summed E-state index contributed by atoms with van der Waals surface area (Å²) in [7, 11) is 1.87. The van der Waals surface area contributed by atoms with Crippen molar-refractivity contribution in [1.82, 2.24) is 14.5 Å². The molecule has 4 heteroatoms. The summed E-state index contributed by atoms with van der Waals surface area (Å²) in [5.74, 6) is 0.619. The second kappa shape index (κ2) is 4.23. The van der Waals surface area contributed by atoms with Crippen molar-refractivity contribution in [2.24, 2.45) is 7.05 Å². The Morgan fingerprint density at radius 1 is 1.22 bits per heavy atom. The highest BCUT2D eigenvalue weighted by Gasteiger charge is 2.17. The van der Waals surface area contributed by atoms with Crippen LogP contribution in [0.25, 0.3) is 10.8 Å². The van der Waals surface area contributed by atoms with Gasteiger partial charge in [0.15, 0.2) is 0 Å². The quantitative estimate of drug-likeness (QED) is 0.744. The molecular formula is C14H13N3O. The fourth-order valence-electron chi connectivity index (χ4n) is 2.14. The highest BCUT2D eigenvalue weighted by Crippen LogP contribution is 2.26. The number of aryl methyl sites for hydroxylation is 1. The Kier molecular flexibility index (Phi) is 2.57. The monoisotopic (exact) mass is 239 g/mol. The van der Waals surface area contributed by atoms with Gasteiger partial charge in [0.1, 0.15) is 11.9 Å². The zero-order valence-electron chi connectivity index (χ0n) is 9.99. The zero-order valence-corrected chi connectivity index (χ0v) is 9.99. The third-order valence-electron chi connectivity index (χ3n) is 3.10. The highest BCUT2D eigenvalue weighted by atomic mass is 16.3. The first-order valence-corrected chi connectivity index (χ1v) is 5.75. The molecule has 0 saturated carbocycles. The van der Waals surface area contributed by atoms with E-state index in [-0.39, 0.29) is 0 Å². The smallest absolute Gasteiger partial charge is 0.142 e. The zero-order chi connectivity index (χ0) is 12.5. The molecule has 0 amide bonds. The summed E-state index contributed by atoms with van der Waals surface area (Å²) in [5, 5.41) is 12.5. The number of fused-ring (bicyclic) bond motifs is 1. The maximum absolute atomic E-state index is 10.4. The Labute approximate surface area is 105 Å². The SMILES string of the molecule is Cn1ccnc1C(O)c1cncc2ccccc12. The van der Waals surface area contributed by atoms with Gasteiger partial charge in [-0.15, -0.1) is 0 Å². The standard InChI is InChI=1S/C14H13N3O/c1-17-7-6-16-14(17)13(18)12-9-15-8-10-4-2-3-5-11(10)12/h2-9,13,18H,1H3. The lowest BCUT2D eigenvalue weighted by Gasteiger charge is -2.13. The van der Waals surface area contributed by atoms with Gasteiger partial charge in [-0.05, 0) is 5.39 Å². The second-order valence-electron chi connectivity index (χ2n) is 4.25. The van der Waals surface area contributed by atoms with Crippen LogP contribution < -0.4 is 0 Å². The molecule has 0 saturated heterocycles. The largest absolute Gasteiger partial charge is 0.380 e. The molecule has 1 N–H and O–H groups in total. The lowest BCUT2D eigenvalue weighted by Crippen LogP contribution is -2.07. The molecule has 0 radical (unpaired) electrons. The highest BCUT2D eigenvalue weighted by molar-refractivity contribution is 5.85. The number of aromatic nitrogens is 3. The minimum absolute atomic E-state index is 0.619. The Morgan fingerprint density at radius 2 is 2.06 bits per heavy atom. The van der Waals surface area contributed by atoms with Crippen molar-refractivity contribution in [3.8, 4) is 0 Å². The van der Waals surface area contributed by atoms with Crippen LogP contribution >= 0.6 is 0 Å². The lowest BCUT2D eigenvalue weighted by molar-refractivity contribution is 0.207. The summed E-state index contributed by atoms with van der Waals surface area (Å²) in [6.07, 6.45) is 6.23. The molecule has 1 atom stereocenters. The molecule has 0 aliphatic carbocycles. The molecule has 18 heavy (non-hydrogen) atoms. The topological polar surface area (TPSA) is 50.9 Å². The van der Waals surface area contributed by atoms with Crippen molar-refractivity contribution in [2.75, 3.05) is 0 Å². The fraction of sp³-hybridized carbons (Fsp3) is 0.143. The number of aliphatic hydroxyl groups is 1. The second-order valence-corrected chi connectivity index (χ2v) is 4.25. The summed E-state index contributed by atoms with van der Waals surface area (Å²) >= 11 is 0. The maximum Gasteiger partial charge on any atom is 0.142 e. The van der Waals surface area contributed by atoms with Crippen LogP contribution in [0.2, 0.25) is 0 Å². The van der Waals surface area contributed by atoms with Gasteiger partial charge in [-0.3, -0.25) is 4.98 Å². The molecule has 0 fully saturated rings. The van der Waals surface area contributed by atoms with Gasteiger partial charge in [0, 0.05) is 42.8 Å². The van der Waals surface area contributed by atoms with E-state index >= 15 is 0 Å².